The number of carbonyl (C=O) groups is 1. The van der Waals surface area contributed by atoms with E-state index in [-0.39, 0.29) is 11.8 Å². The third-order valence-corrected chi connectivity index (χ3v) is 5.74. The first-order valence-electron chi connectivity index (χ1n) is 9.61. The number of rotatable bonds is 5. The fraction of sp³-hybridized carbons (Fsp3) is 0.429. The fourth-order valence-corrected chi connectivity index (χ4v) is 4.08. The molecule has 27 heavy (non-hydrogen) atoms. The zero-order chi connectivity index (χ0) is 18.8. The minimum atomic E-state index is -0.562. The maximum Gasteiger partial charge on any atom is 0.222 e. The lowest BCUT2D eigenvalue weighted by Crippen LogP contribution is -2.40. The highest BCUT2D eigenvalue weighted by molar-refractivity contribution is 5.84. The van der Waals surface area contributed by atoms with Crippen molar-refractivity contribution in [2.24, 2.45) is 13.0 Å². The number of nitrogens with one attached hydrogen (secondary N) is 1. The second-order valence-corrected chi connectivity index (χ2v) is 7.42. The van der Waals surface area contributed by atoms with Crippen LogP contribution in [0.3, 0.4) is 0 Å². The van der Waals surface area contributed by atoms with Crippen molar-refractivity contribution in [1.29, 1.82) is 0 Å². The summed E-state index contributed by atoms with van der Waals surface area (Å²) < 4.78 is 1.86. The summed E-state index contributed by atoms with van der Waals surface area (Å²) in [5, 5.41) is 11.8. The van der Waals surface area contributed by atoms with Crippen LogP contribution in [0.1, 0.15) is 36.8 Å². The van der Waals surface area contributed by atoms with E-state index in [0.717, 1.165) is 24.8 Å². The predicted octanol–water partition coefficient (Wildman–Crippen LogP) is 2.81. The Balaban J connectivity index is 1.30. The molecule has 1 saturated heterocycles. The molecule has 1 unspecified atom stereocenters. The molecule has 1 aromatic carbocycles. The molecule has 1 fully saturated rings. The number of fused-ring (bicyclic) bond motifs is 1. The first-order chi connectivity index (χ1) is 13.1. The number of aryl methyl sites for hydroxylation is 2. The molecule has 4 rings (SSSR count). The number of aromatic amines is 1. The van der Waals surface area contributed by atoms with Crippen LogP contribution in [-0.2, 0) is 18.3 Å². The summed E-state index contributed by atoms with van der Waals surface area (Å²) in [7, 11) is 1.90. The maximum absolute atomic E-state index is 12.6. The van der Waals surface area contributed by atoms with Gasteiger partial charge >= 0.3 is 0 Å². The number of hydrogen-bond acceptors (Lipinski definition) is 3. The van der Waals surface area contributed by atoms with Crippen molar-refractivity contribution in [3.05, 3.63) is 54.2 Å². The Kier molecular flexibility index (Phi) is 4.99. The van der Waals surface area contributed by atoms with Crippen LogP contribution in [0.15, 0.2) is 42.9 Å². The van der Waals surface area contributed by atoms with E-state index in [2.05, 4.69) is 22.1 Å². The van der Waals surface area contributed by atoms with Crippen LogP contribution >= 0.6 is 0 Å². The van der Waals surface area contributed by atoms with Gasteiger partial charge in [0.15, 0.2) is 0 Å². The summed E-state index contributed by atoms with van der Waals surface area (Å²) in [6.07, 6.45) is 7.90. The van der Waals surface area contributed by atoms with Crippen molar-refractivity contribution in [2.75, 3.05) is 13.1 Å². The van der Waals surface area contributed by atoms with Crippen LogP contribution in [0.25, 0.3) is 10.9 Å². The van der Waals surface area contributed by atoms with Gasteiger partial charge in [0.05, 0.1) is 0 Å². The number of aromatic nitrogens is 3. The van der Waals surface area contributed by atoms with E-state index in [4.69, 9.17) is 0 Å². The number of nitrogens with zero attached hydrogens (tertiary/aromatic N) is 3. The van der Waals surface area contributed by atoms with E-state index in [9.17, 15) is 9.90 Å². The summed E-state index contributed by atoms with van der Waals surface area (Å²) in [4.78, 5) is 22.1. The largest absolute Gasteiger partial charge is 0.385 e. The lowest BCUT2D eigenvalue weighted by atomic mass is 9.90. The van der Waals surface area contributed by atoms with E-state index >= 15 is 0 Å². The van der Waals surface area contributed by atoms with Crippen molar-refractivity contribution in [2.45, 2.75) is 31.8 Å². The minimum absolute atomic E-state index is 0.156. The van der Waals surface area contributed by atoms with Crippen molar-refractivity contribution >= 4 is 16.8 Å². The van der Waals surface area contributed by atoms with E-state index in [0.29, 0.717) is 25.3 Å². The second kappa shape index (κ2) is 7.56. The van der Waals surface area contributed by atoms with E-state index < -0.39 is 6.10 Å². The Morgan fingerprint density at radius 3 is 2.85 bits per heavy atom. The zero-order valence-corrected chi connectivity index (χ0v) is 15.6. The third-order valence-electron chi connectivity index (χ3n) is 5.74. The molecule has 142 valence electrons. The first kappa shape index (κ1) is 17.8. The van der Waals surface area contributed by atoms with Crippen LogP contribution in [0.2, 0.25) is 0 Å². The van der Waals surface area contributed by atoms with Gasteiger partial charge in [-0.15, -0.1) is 0 Å². The van der Waals surface area contributed by atoms with Crippen LogP contribution in [0.5, 0.6) is 0 Å². The van der Waals surface area contributed by atoms with Gasteiger partial charge in [0.25, 0.3) is 0 Å². The molecule has 0 spiro atoms. The van der Waals surface area contributed by atoms with E-state index in [1.54, 1.807) is 6.20 Å². The number of aliphatic hydroxyl groups excluding tert-OH is 1. The second-order valence-electron chi connectivity index (χ2n) is 7.42. The Hall–Kier alpha value is -2.60. The Bertz CT molecular complexity index is 921. The molecule has 0 radical (unpaired) electrons. The Morgan fingerprint density at radius 1 is 1.33 bits per heavy atom. The molecule has 3 aromatic rings. The van der Waals surface area contributed by atoms with Crippen molar-refractivity contribution < 1.29 is 9.90 Å². The van der Waals surface area contributed by atoms with Crippen LogP contribution in [0, 0.1) is 5.92 Å². The summed E-state index contributed by atoms with van der Waals surface area (Å²) >= 11 is 0. The van der Waals surface area contributed by atoms with Gasteiger partial charge in [0, 0.05) is 56.1 Å². The smallest absolute Gasteiger partial charge is 0.222 e. The molecule has 0 aliphatic carbocycles. The fourth-order valence-electron chi connectivity index (χ4n) is 4.08. The highest BCUT2D eigenvalue weighted by Gasteiger charge is 2.29. The average molecular weight is 366 g/mol. The van der Waals surface area contributed by atoms with Crippen molar-refractivity contribution in [1.82, 2.24) is 19.4 Å². The number of amides is 1. The summed E-state index contributed by atoms with van der Waals surface area (Å²) in [5.74, 6) is 1.06. The number of carbonyl (C=O) groups excluding carboxylic acids is 1. The van der Waals surface area contributed by atoms with E-state index in [1.807, 2.05) is 41.0 Å². The molecule has 2 N–H and O–H groups in total. The van der Waals surface area contributed by atoms with Gasteiger partial charge in [-0.1, -0.05) is 18.2 Å². The maximum atomic E-state index is 12.6. The molecule has 1 aliphatic heterocycles. The molecule has 6 heteroatoms. The summed E-state index contributed by atoms with van der Waals surface area (Å²) in [6, 6.07) is 8.19. The molecule has 0 saturated carbocycles. The van der Waals surface area contributed by atoms with Gasteiger partial charge in [-0.2, -0.15) is 0 Å². The SMILES string of the molecule is Cn1ccnc1C(O)C1CCN(C(=O)CCc2c[nH]c3ccccc23)CC1. The lowest BCUT2D eigenvalue weighted by Gasteiger charge is -2.34. The third kappa shape index (κ3) is 3.62. The minimum Gasteiger partial charge on any atom is -0.385 e. The number of hydrogen-bond donors (Lipinski definition) is 2. The first-order valence-corrected chi connectivity index (χ1v) is 9.61. The van der Waals surface area contributed by atoms with Crippen molar-refractivity contribution in [3.8, 4) is 0 Å². The number of imidazole rings is 1. The van der Waals surface area contributed by atoms with E-state index in [1.165, 1.54) is 10.9 Å². The number of likely N-dealkylation sites (tertiary alicyclic amines) is 1. The molecule has 6 nitrogen and oxygen atoms in total. The van der Waals surface area contributed by atoms with Gasteiger partial charge < -0.3 is 19.6 Å². The number of piperidine rings is 1. The zero-order valence-electron chi connectivity index (χ0n) is 15.6. The van der Waals surface area contributed by atoms with Gasteiger partial charge in [0.1, 0.15) is 11.9 Å². The number of H-pyrrole nitrogens is 1. The topological polar surface area (TPSA) is 74.2 Å². The molecule has 1 amide bonds. The molecular formula is C21H26N4O2. The molecule has 3 heterocycles. The summed E-state index contributed by atoms with van der Waals surface area (Å²) in [6.45, 7) is 1.41. The normalized spacial score (nSPS) is 16.7. The Labute approximate surface area is 158 Å². The van der Waals surface area contributed by atoms with Crippen LogP contribution < -0.4 is 0 Å². The average Bonchev–Trinajstić information content (AvgIpc) is 3.32. The number of aliphatic hydroxyl groups is 1. The van der Waals surface area contributed by atoms with Gasteiger partial charge in [0.2, 0.25) is 5.91 Å². The highest BCUT2D eigenvalue weighted by atomic mass is 16.3. The molecule has 0 bridgehead atoms. The van der Waals surface area contributed by atoms with Crippen molar-refractivity contribution in [3.63, 3.8) is 0 Å². The van der Waals surface area contributed by atoms with Gasteiger partial charge in [-0.25, -0.2) is 4.98 Å². The predicted molar refractivity (Wildman–Crippen MR) is 104 cm³/mol. The van der Waals surface area contributed by atoms with Gasteiger partial charge in [-0.3, -0.25) is 4.79 Å². The summed E-state index contributed by atoms with van der Waals surface area (Å²) in [5.41, 5.74) is 2.31. The van der Waals surface area contributed by atoms with Crippen LogP contribution in [0.4, 0.5) is 0 Å². The van der Waals surface area contributed by atoms with Gasteiger partial charge in [-0.05, 0) is 36.8 Å². The lowest BCUT2D eigenvalue weighted by molar-refractivity contribution is -0.133. The molecule has 1 atom stereocenters. The molecular weight excluding hydrogens is 340 g/mol. The number of benzene rings is 1. The Morgan fingerprint density at radius 2 is 2.11 bits per heavy atom. The number of para-hydroxylation sites is 1. The highest BCUT2D eigenvalue weighted by Crippen LogP contribution is 2.30. The monoisotopic (exact) mass is 366 g/mol. The standard InChI is InChI=1S/C21H26N4O2/c1-24-13-10-22-21(24)20(27)15-8-11-25(12-9-15)19(26)7-6-16-14-23-18-5-3-2-4-17(16)18/h2-5,10,13-15,20,23,27H,6-9,11-12H2,1H3. The molecule has 2 aromatic heterocycles. The van der Waals surface area contributed by atoms with Crippen LogP contribution in [-0.4, -0.2) is 43.5 Å². The quantitative estimate of drug-likeness (QED) is 0.729. The molecule has 1 aliphatic rings.